The third-order valence-corrected chi connectivity index (χ3v) is 4.43. The number of esters is 1. The van der Waals surface area contributed by atoms with Gasteiger partial charge in [0.15, 0.2) is 5.69 Å². The number of anilines is 1. The summed E-state index contributed by atoms with van der Waals surface area (Å²) >= 11 is 3.40. The van der Waals surface area contributed by atoms with Crippen molar-refractivity contribution in [1.82, 2.24) is 9.88 Å². The predicted molar refractivity (Wildman–Crippen MR) is 96.0 cm³/mol. The number of nitrogens with zero attached hydrogens (tertiary/aromatic N) is 3. The van der Waals surface area contributed by atoms with Crippen molar-refractivity contribution in [3.63, 3.8) is 0 Å². The highest BCUT2D eigenvalue weighted by Crippen LogP contribution is 2.23. The molecule has 0 spiro atoms. The first-order chi connectivity index (χ1) is 10.7. The Hall–Kier alpha value is -1.14. The Bertz CT molecular complexity index is 561. The summed E-state index contributed by atoms with van der Waals surface area (Å²) in [6.07, 6.45) is 0. The molecule has 5 nitrogen and oxygen atoms in total. The Kier molecular flexibility index (Phi) is 5.68. The summed E-state index contributed by atoms with van der Waals surface area (Å²) in [6, 6.07) is 4.38. The maximum atomic E-state index is 12.3. The molecule has 1 aromatic heterocycles. The number of carbonyl (C=O) groups is 1. The molecule has 2 rings (SSSR count). The molecule has 1 aromatic rings. The third-order valence-electron chi connectivity index (χ3n) is 3.79. The molecular formula is C17H26BrN3O2. The van der Waals surface area contributed by atoms with Crippen LogP contribution in [0.4, 0.5) is 5.82 Å². The second-order valence-electron chi connectivity index (χ2n) is 7.12. The van der Waals surface area contributed by atoms with Gasteiger partial charge < -0.3 is 9.64 Å². The van der Waals surface area contributed by atoms with E-state index in [1.165, 1.54) is 0 Å². The summed E-state index contributed by atoms with van der Waals surface area (Å²) in [4.78, 5) is 21.5. The van der Waals surface area contributed by atoms with E-state index in [1.54, 1.807) is 0 Å². The Balaban J connectivity index is 2.13. The van der Waals surface area contributed by atoms with Gasteiger partial charge in [0.1, 0.15) is 11.4 Å². The van der Waals surface area contributed by atoms with Crippen LogP contribution < -0.4 is 4.90 Å². The third kappa shape index (κ3) is 4.91. The molecule has 0 amide bonds. The summed E-state index contributed by atoms with van der Waals surface area (Å²) in [6.45, 7) is 13.9. The van der Waals surface area contributed by atoms with Crippen LogP contribution >= 0.6 is 15.9 Å². The van der Waals surface area contributed by atoms with Crippen molar-refractivity contribution in [1.29, 1.82) is 0 Å². The first-order valence-electron chi connectivity index (χ1n) is 8.06. The summed E-state index contributed by atoms with van der Waals surface area (Å²) in [5.41, 5.74) is -0.194. The molecule has 6 heteroatoms. The molecule has 23 heavy (non-hydrogen) atoms. The number of carbonyl (C=O) groups excluding carboxylic acids is 1. The minimum atomic E-state index is -0.531. The predicted octanol–water partition coefficient (Wildman–Crippen LogP) is 3.33. The van der Waals surface area contributed by atoms with Crippen LogP contribution in [0.3, 0.4) is 0 Å². The van der Waals surface area contributed by atoms with Crippen molar-refractivity contribution < 1.29 is 9.53 Å². The smallest absolute Gasteiger partial charge is 0.358 e. The van der Waals surface area contributed by atoms with E-state index < -0.39 is 11.6 Å². The molecule has 1 saturated heterocycles. The minimum Gasteiger partial charge on any atom is -0.455 e. The summed E-state index contributed by atoms with van der Waals surface area (Å²) < 4.78 is 6.10. The zero-order chi connectivity index (χ0) is 17.2. The van der Waals surface area contributed by atoms with E-state index in [-0.39, 0.29) is 0 Å². The minimum absolute atomic E-state index is 0.337. The van der Waals surface area contributed by atoms with Gasteiger partial charge in [-0.05, 0) is 62.7 Å². The SMILES string of the molecule is CC(C)N1CCN(c2ccc(Br)c(C(=O)OC(C)(C)C)n2)CC1. The number of hydrogen-bond acceptors (Lipinski definition) is 5. The van der Waals surface area contributed by atoms with E-state index in [4.69, 9.17) is 4.74 Å². The molecule has 0 N–H and O–H groups in total. The van der Waals surface area contributed by atoms with Crippen molar-refractivity contribution >= 4 is 27.7 Å². The van der Waals surface area contributed by atoms with Gasteiger partial charge in [0.2, 0.25) is 0 Å². The standard InChI is InChI=1S/C17H26BrN3O2/c1-12(2)20-8-10-21(11-9-20)14-7-6-13(18)15(19-14)16(22)23-17(3,4)5/h6-7,12H,8-11H2,1-5H3. The van der Waals surface area contributed by atoms with Gasteiger partial charge in [-0.1, -0.05) is 0 Å². The van der Waals surface area contributed by atoms with E-state index >= 15 is 0 Å². The van der Waals surface area contributed by atoms with E-state index in [0.717, 1.165) is 32.0 Å². The second kappa shape index (κ2) is 7.18. The second-order valence-corrected chi connectivity index (χ2v) is 7.97. The Morgan fingerprint density at radius 3 is 2.35 bits per heavy atom. The maximum Gasteiger partial charge on any atom is 0.358 e. The van der Waals surface area contributed by atoms with Crippen LogP contribution in [0.1, 0.15) is 45.1 Å². The zero-order valence-corrected chi connectivity index (χ0v) is 16.2. The number of ether oxygens (including phenoxy) is 1. The van der Waals surface area contributed by atoms with E-state index in [2.05, 4.69) is 44.6 Å². The molecule has 128 valence electrons. The van der Waals surface area contributed by atoms with Gasteiger partial charge >= 0.3 is 5.97 Å². The molecule has 0 aliphatic carbocycles. The number of pyridine rings is 1. The van der Waals surface area contributed by atoms with Crippen LogP contribution in [0.2, 0.25) is 0 Å². The van der Waals surface area contributed by atoms with Gasteiger partial charge in [-0.25, -0.2) is 9.78 Å². The topological polar surface area (TPSA) is 45.7 Å². The number of piperazine rings is 1. The molecule has 0 atom stereocenters. The Morgan fingerprint density at radius 1 is 1.22 bits per heavy atom. The number of aromatic nitrogens is 1. The lowest BCUT2D eigenvalue weighted by molar-refractivity contribution is 0.00618. The molecule has 1 aliphatic rings. The molecule has 0 radical (unpaired) electrons. The lowest BCUT2D eigenvalue weighted by atomic mass is 10.2. The van der Waals surface area contributed by atoms with Crippen LogP contribution in [0.15, 0.2) is 16.6 Å². The quantitative estimate of drug-likeness (QED) is 0.749. The highest BCUT2D eigenvalue weighted by molar-refractivity contribution is 9.10. The van der Waals surface area contributed by atoms with Crippen molar-refractivity contribution in [3.05, 3.63) is 22.3 Å². The molecule has 1 aliphatic heterocycles. The Morgan fingerprint density at radius 2 is 1.83 bits per heavy atom. The van der Waals surface area contributed by atoms with Gasteiger partial charge in [-0.2, -0.15) is 0 Å². The molecule has 1 fully saturated rings. The highest BCUT2D eigenvalue weighted by atomic mass is 79.9. The fraction of sp³-hybridized carbons (Fsp3) is 0.647. The van der Waals surface area contributed by atoms with Gasteiger partial charge in [-0.15, -0.1) is 0 Å². The lowest BCUT2D eigenvalue weighted by Crippen LogP contribution is -2.49. The van der Waals surface area contributed by atoms with Crippen molar-refractivity contribution in [2.45, 2.75) is 46.3 Å². The van der Waals surface area contributed by atoms with Crippen molar-refractivity contribution in [3.8, 4) is 0 Å². The van der Waals surface area contributed by atoms with Crippen LogP contribution in [0.5, 0.6) is 0 Å². The van der Waals surface area contributed by atoms with Crippen LogP contribution in [0, 0.1) is 0 Å². The van der Waals surface area contributed by atoms with E-state index in [9.17, 15) is 4.79 Å². The van der Waals surface area contributed by atoms with Gasteiger partial charge in [0.25, 0.3) is 0 Å². The van der Waals surface area contributed by atoms with E-state index in [0.29, 0.717) is 16.2 Å². The summed E-state index contributed by atoms with van der Waals surface area (Å²) in [5, 5.41) is 0. The largest absolute Gasteiger partial charge is 0.455 e. The summed E-state index contributed by atoms with van der Waals surface area (Å²) in [7, 11) is 0. The normalized spacial score (nSPS) is 16.7. The monoisotopic (exact) mass is 383 g/mol. The molecular weight excluding hydrogens is 358 g/mol. The average Bonchev–Trinajstić information content (AvgIpc) is 2.46. The highest BCUT2D eigenvalue weighted by Gasteiger charge is 2.24. The van der Waals surface area contributed by atoms with Crippen molar-refractivity contribution in [2.24, 2.45) is 0 Å². The molecule has 2 heterocycles. The average molecular weight is 384 g/mol. The molecule has 0 aromatic carbocycles. The zero-order valence-electron chi connectivity index (χ0n) is 14.6. The Labute approximate surface area is 147 Å². The van der Waals surface area contributed by atoms with E-state index in [1.807, 2.05) is 32.9 Å². The van der Waals surface area contributed by atoms with Crippen LogP contribution in [0.25, 0.3) is 0 Å². The number of halogens is 1. The first-order valence-corrected chi connectivity index (χ1v) is 8.85. The molecule has 0 saturated carbocycles. The van der Waals surface area contributed by atoms with Gasteiger partial charge in [-0.3, -0.25) is 4.90 Å². The maximum absolute atomic E-state index is 12.3. The van der Waals surface area contributed by atoms with Gasteiger partial charge in [0, 0.05) is 32.2 Å². The molecule has 0 unspecified atom stereocenters. The summed E-state index contributed by atoms with van der Waals surface area (Å²) in [5.74, 6) is 0.435. The van der Waals surface area contributed by atoms with Gasteiger partial charge in [0.05, 0.1) is 4.47 Å². The fourth-order valence-corrected chi connectivity index (χ4v) is 2.93. The number of rotatable bonds is 3. The van der Waals surface area contributed by atoms with Crippen molar-refractivity contribution in [2.75, 3.05) is 31.1 Å². The molecule has 0 bridgehead atoms. The number of hydrogen-bond donors (Lipinski definition) is 0. The lowest BCUT2D eigenvalue weighted by Gasteiger charge is -2.37. The van der Waals surface area contributed by atoms with Crippen LogP contribution in [-0.2, 0) is 4.74 Å². The van der Waals surface area contributed by atoms with Crippen LogP contribution in [-0.4, -0.2) is 53.7 Å². The first kappa shape index (κ1) is 18.2. The fourth-order valence-electron chi connectivity index (χ4n) is 2.54.